The van der Waals surface area contributed by atoms with Crippen LogP contribution in [0.2, 0.25) is 0 Å². The summed E-state index contributed by atoms with van der Waals surface area (Å²) in [6.07, 6.45) is 0.538. The summed E-state index contributed by atoms with van der Waals surface area (Å²) in [5.74, 6) is -2.19. The van der Waals surface area contributed by atoms with Gasteiger partial charge in [-0.25, -0.2) is 19.1 Å². The van der Waals surface area contributed by atoms with E-state index in [-0.39, 0.29) is 24.3 Å². The van der Waals surface area contributed by atoms with Gasteiger partial charge in [0.1, 0.15) is 6.61 Å². The van der Waals surface area contributed by atoms with Crippen LogP contribution in [-0.2, 0) is 9.47 Å². The van der Waals surface area contributed by atoms with Crippen LogP contribution >= 0.6 is 0 Å². The molecule has 3 aromatic rings. The minimum absolute atomic E-state index is 0.0175. The topological polar surface area (TPSA) is 124 Å². The summed E-state index contributed by atoms with van der Waals surface area (Å²) in [5.41, 5.74) is 3.99. The molecule has 5 rings (SSSR count). The second-order valence-electron chi connectivity index (χ2n) is 8.55. The third-order valence-electron chi connectivity index (χ3n) is 6.68. The van der Waals surface area contributed by atoms with Crippen LogP contribution in [0.3, 0.4) is 0 Å². The van der Waals surface area contributed by atoms with E-state index >= 15 is 0 Å². The van der Waals surface area contributed by atoms with Crippen molar-refractivity contribution < 1.29 is 29.0 Å². The van der Waals surface area contributed by atoms with Crippen molar-refractivity contribution in [2.24, 2.45) is 0 Å². The van der Waals surface area contributed by atoms with Crippen LogP contribution in [0.5, 0.6) is 0 Å². The van der Waals surface area contributed by atoms with E-state index in [9.17, 15) is 19.5 Å². The Hall–Kier alpha value is -4.21. The minimum atomic E-state index is -1.35. The van der Waals surface area contributed by atoms with Gasteiger partial charge < -0.3 is 19.5 Å². The highest BCUT2D eigenvalue weighted by Crippen LogP contribution is 2.44. The maximum atomic E-state index is 12.9. The Morgan fingerprint density at radius 1 is 1.00 bits per heavy atom. The summed E-state index contributed by atoms with van der Waals surface area (Å²) in [6.45, 7) is 0.999. The number of likely N-dealkylation sites (tertiary alicyclic amines) is 1. The van der Waals surface area contributed by atoms with Gasteiger partial charge in [0.15, 0.2) is 5.69 Å². The van der Waals surface area contributed by atoms with Crippen LogP contribution < -0.4 is 0 Å². The second kappa shape index (κ2) is 9.21. The summed E-state index contributed by atoms with van der Waals surface area (Å²) in [5, 5.41) is 16.8. The first-order chi connectivity index (χ1) is 17.0. The molecule has 1 amide bonds. The number of piperidine rings is 1. The molecule has 0 bridgehead atoms. The number of aromatic carboxylic acids is 1. The summed E-state index contributed by atoms with van der Waals surface area (Å²) < 4.78 is 11.8. The van der Waals surface area contributed by atoms with Gasteiger partial charge >= 0.3 is 18.0 Å². The minimum Gasteiger partial charge on any atom is -0.476 e. The first-order valence-electron chi connectivity index (χ1n) is 11.4. The zero-order valence-electron chi connectivity index (χ0n) is 19.1. The number of carboxylic acids is 1. The lowest BCUT2D eigenvalue weighted by Crippen LogP contribution is -2.40. The van der Waals surface area contributed by atoms with Gasteiger partial charge in [0.05, 0.1) is 13.2 Å². The molecule has 1 aromatic heterocycles. The number of rotatable bonds is 5. The molecule has 2 heterocycles. The van der Waals surface area contributed by atoms with E-state index in [1.165, 1.54) is 22.9 Å². The highest BCUT2D eigenvalue weighted by molar-refractivity contribution is 5.99. The number of benzene rings is 2. The van der Waals surface area contributed by atoms with Crippen molar-refractivity contribution in [3.05, 3.63) is 71.0 Å². The Kier molecular flexibility index (Phi) is 5.94. The molecule has 2 aliphatic rings. The van der Waals surface area contributed by atoms with E-state index in [0.29, 0.717) is 25.9 Å². The van der Waals surface area contributed by atoms with Gasteiger partial charge in [-0.15, -0.1) is 5.10 Å². The summed E-state index contributed by atoms with van der Waals surface area (Å²) in [6, 6.07) is 16.0. The smallest absolute Gasteiger partial charge is 0.409 e. The van der Waals surface area contributed by atoms with Gasteiger partial charge in [0, 0.05) is 19.0 Å². The normalized spacial score (nSPS) is 15.4. The average molecular weight is 476 g/mol. The number of carbonyl (C=O) groups excluding carboxylic acids is 2. The lowest BCUT2D eigenvalue weighted by Gasteiger charge is -2.31. The molecular weight excluding hydrogens is 452 g/mol. The first kappa shape index (κ1) is 22.6. The molecule has 1 aliphatic heterocycles. The molecule has 0 spiro atoms. The van der Waals surface area contributed by atoms with Crippen molar-refractivity contribution in [3.63, 3.8) is 0 Å². The van der Waals surface area contributed by atoms with Crippen LogP contribution in [0, 0.1) is 0 Å². The van der Waals surface area contributed by atoms with Crippen LogP contribution in [-0.4, -0.2) is 69.8 Å². The van der Waals surface area contributed by atoms with Gasteiger partial charge in [0.2, 0.25) is 5.69 Å². The Bertz CT molecular complexity index is 1250. The van der Waals surface area contributed by atoms with Gasteiger partial charge in [0.25, 0.3) is 0 Å². The number of ether oxygens (including phenoxy) is 2. The summed E-state index contributed by atoms with van der Waals surface area (Å²) >= 11 is 0. The average Bonchev–Trinajstić information content (AvgIpc) is 3.47. The van der Waals surface area contributed by atoms with Gasteiger partial charge in [-0.1, -0.05) is 53.7 Å². The predicted octanol–water partition coefficient (Wildman–Crippen LogP) is 3.35. The zero-order chi connectivity index (χ0) is 24.5. The molecular formula is C25H24N4O6. The molecule has 180 valence electrons. The Balaban J connectivity index is 1.24. The zero-order valence-corrected chi connectivity index (χ0v) is 19.1. The summed E-state index contributed by atoms with van der Waals surface area (Å²) in [4.78, 5) is 38.0. The molecule has 10 nitrogen and oxygen atoms in total. The number of carboxylic acid groups (broad SMARTS) is 1. The fraction of sp³-hybridized carbons (Fsp3) is 0.320. The number of methoxy groups -OCH3 is 1. The van der Waals surface area contributed by atoms with E-state index in [4.69, 9.17) is 9.47 Å². The number of nitrogens with zero attached hydrogens (tertiary/aromatic N) is 4. The van der Waals surface area contributed by atoms with Crippen LogP contribution in [0.25, 0.3) is 11.1 Å². The molecule has 2 aromatic carbocycles. The molecule has 35 heavy (non-hydrogen) atoms. The number of aromatic nitrogens is 3. The van der Waals surface area contributed by atoms with Crippen molar-refractivity contribution in [2.45, 2.75) is 24.8 Å². The number of esters is 1. The highest BCUT2D eigenvalue weighted by atomic mass is 16.6. The fourth-order valence-corrected chi connectivity index (χ4v) is 4.96. The molecule has 0 radical (unpaired) electrons. The Morgan fingerprint density at radius 3 is 2.17 bits per heavy atom. The van der Waals surface area contributed by atoms with Gasteiger partial charge in [-0.05, 0) is 35.1 Å². The fourth-order valence-electron chi connectivity index (χ4n) is 4.96. The Labute approximate surface area is 201 Å². The standard InChI is InChI=1S/C25H24N4O6/c1-34-24(32)22-21(23(30)31)26-27-29(22)15-10-12-28(13-11-15)25(33)35-14-20-18-8-4-2-6-16(18)17-7-3-5-9-19(17)20/h2-9,15,20H,10-14H2,1H3,(H,30,31). The number of amides is 1. The molecule has 1 aliphatic carbocycles. The number of hydrogen-bond donors (Lipinski definition) is 1. The molecule has 1 N–H and O–H groups in total. The number of hydrogen-bond acceptors (Lipinski definition) is 7. The molecule has 1 saturated heterocycles. The molecule has 0 atom stereocenters. The van der Waals surface area contributed by atoms with Crippen molar-refractivity contribution in [1.29, 1.82) is 0 Å². The lowest BCUT2D eigenvalue weighted by atomic mass is 9.98. The van der Waals surface area contributed by atoms with E-state index in [1.807, 2.05) is 24.3 Å². The molecule has 0 saturated carbocycles. The highest BCUT2D eigenvalue weighted by Gasteiger charge is 2.34. The molecule has 1 fully saturated rings. The number of fused-ring (bicyclic) bond motifs is 3. The third-order valence-corrected chi connectivity index (χ3v) is 6.68. The quantitative estimate of drug-likeness (QED) is 0.556. The van der Waals surface area contributed by atoms with E-state index < -0.39 is 23.7 Å². The van der Waals surface area contributed by atoms with Crippen molar-refractivity contribution in [3.8, 4) is 11.1 Å². The maximum Gasteiger partial charge on any atom is 0.409 e. The monoisotopic (exact) mass is 476 g/mol. The molecule has 10 heteroatoms. The largest absolute Gasteiger partial charge is 0.476 e. The van der Waals surface area contributed by atoms with E-state index in [1.54, 1.807) is 4.90 Å². The van der Waals surface area contributed by atoms with Gasteiger partial charge in [-0.2, -0.15) is 0 Å². The summed E-state index contributed by atoms with van der Waals surface area (Å²) in [7, 11) is 1.17. The lowest BCUT2D eigenvalue weighted by molar-refractivity contribution is 0.0557. The number of carbonyl (C=O) groups is 3. The first-order valence-corrected chi connectivity index (χ1v) is 11.4. The Morgan fingerprint density at radius 2 is 1.60 bits per heavy atom. The van der Waals surface area contributed by atoms with Crippen molar-refractivity contribution in [1.82, 2.24) is 19.9 Å². The predicted molar refractivity (Wildman–Crippen MR) is 123 cm³/mol. The van der Waals surface area contributed by atoms with E-state index in [0.717, 1.165) is 11.1 Å². The third kappa shape index (κ3) is 4.01. The molecule has 0 unspecified atom stereocenters. The van der Waals surface area contributed by atoms with Crippen LogP contribution in [0.15, 0.2) is 48.5 Å². The van der Waals surface area contributed by atoms with Crippen LogP contribution in [0.4, 0.5) is 4.79 Å². The van der Waals surface area contributed by atoms with E-state index in [2.05, 4.69) is 34.6 Å². The van der Waals surface area contributed by atoms with Crippen LogP contribution in [0.1, 0.15) is 56.9 Å². The van der Waals surface area contributed by atoms with Gasteiger partial charge in [-0.3, -0.25) is 0 Å². The van der Waals surface area contributed by atoms with Crippen molar-refractivity contribution >= 4 is 18.0 Å². The maximum absolute atomic E-state index is 12.9. The SMILES string of the molecule is COC(=O)c1c(C(=O)O)nnn1C1CCN(C(=O)OCC2c3ccccc3-c3ccccc32)CC1. The second-order valence-corrected chi connectivity index (χ2v) is 8.55. The van der Waals surface area contributed by atoms with Crippen molar-refractivity contribution in [2.75, 3.05) is 26.8 Å².